The van der Waals surface area contributed by atoms with Crippen molar-refractivity contribution in [3.63, 3.8) is 0 Å². The number of carbonyl (C=O) groups is 1. The Hall–Kier alpha value is -1.99. The van der Waals surface area contributed by atoms with Crippen molar-refractivity contribution in [2.24, 2.45) is 0 Å². The van der Waals surface area contributed by atoms with Crippen molar-refractivity contribution < 1.29 is 9.72 Å². The first-order valence-electron chi connectivity index (χ1n) is 7.62. The van der Waals surface area contributed by atoms with Crippen LogP contribution in [0.3, 0.4) is 0 Å². The maximum absolute atomic E-state index is 12.1. The molecule has 22 heavy (non-hydrogen) atoms. The Morgan fingerprint density at radius 2 is 2.23 bits per heavy atom. The van der Waals surface area contributed by atoms with Crippen LogP contribution in [0, 0.1) is 10.1 Å². The number of hydrogen-bond acceptors (Lipinski definition) is 5. The third-order valence-corrected chi connectivity index (χ3v) is 4.38. The van der Waals surface area contributed by atoms with E-state index in [2.05, 4.69) is 15.1 Å². The Morgan fingerprint density at radius 3 is 3.05 bits per heavy atom. The highest BCUT2D eigenvalue weighted by atomic mass is 16.6. The number of rotatable bonds is 4. The summed E-state index contributed by atoms with van der Waals surface area (Å²) in [5.74, 6) is -0.119. The van der Waals surface area contributed by atoms with Crippen molar-refractivity contribution in [1.29, 1.82) is 0 Å². The van der Waals surface area contributed by atoms with Crippen LogP contribution in [0.25, 0.3) is 0 Å². The molecule has 2 aliphatic rings. The monoisotopic (exact) mass is 304 g/mol. The van der Waals surface area contributed by atoms with Crippen LogP contribution in [0.1, 0.15) is 12.8 Å². The van der Waals surface area contributed by atoms with Gasteiger partial charge in [0.05, 0.1) is 11.5 Å². The molecule has 1 unspecified atom stereocenters. The van der Waals surface area contributed by atoms with Crippen LogP contribution in [0.15, 0.2) is 24.3 Å². The number of anilines is 1. The second-order valence-electron chi connectivity index (χ2n) is 5.92. The Bertz CT molecular complexity index is 578. The summed E-state index contributed by atoms with van der Waals surface area (Å²) < 4.78 is 0. The van der Waals surface area contributed by atoms with Gasteiger partial charge in [0.25, 0.3) is 5.69 Å². The molecule has 118 valence electrons. The molecule has 3 rings (SSSR count). The summed E-state index contributed by atoms with van der Waals surface area (Å²) in [6.45, 7) is 4.38. The number of carbonyl (C=O) groups excluding carboxylic acids is 1. The fourth-order valence-corrected chi connectivity index (χ4v) is 3.30. The molecule has 1 N–H and O–H groups in total. The number of benzene rings is 1. The first kappa shape index (κ1) is 14.9. The lowest BCUT2D eigenvalue weighted by molar-refractivity contribution is -0.384. The van der Waals surface area contributed by atoms with Gasteiger partial charge in [-0.25, -0.2) is 0 Å². The SMILES string of the molecule is O=C(CN1CCN2CCCC2C1)Nc1cccc([N+](=O)[O-])c1. The molecule has 0 radical (unpaired) electrons. The number of nitro benzene ring substituents is 1. The highest BCUT2D eigenvalue weighted by molar-refractivity contribution is 5.92. The fraction of sp³-hybridized carbons (Fsp3) is 0.533. The van der Waals surface area contributed by atoms with Gasteiger partial charge in [-0.2, -0.15) is 0 Å². The van der Waals surface area contributed by atoms with E-state index in [9.17, 15) is 14.9 Å². The van der Waals surface area contributed by atoms with Gasteiger partial charge in [0.1, 0.15) is 0 Å². The molecular weight excluding hydrogens is 284 g/mol. The van der Waals surface area contributed by atoms with Gasteiger partial charge in [-0.15, -0.1) is 0 Å². The van der Waals surface area contributed by atoms with Gasteiger partial charge in [0.2, 0.25) is 5.91 Å². The third-order valence-electron chi connectivity index (χ3n) is 4.38. The smallest absolute Gasteiger partial charge is 0.271 e. The minimum absolute atomic E-state index is 0.0163. The molecule has 0 spiro atoms. The first-order valence-corrected chi connectivity index (χ1v) is 7.62. The first-order chi connectivity index (χ1) is 10.6. The van der Waals surface area contributed by atoms with Gasteiger partial charge in [0, 0.05) is 43.5 Å². The lowest BCUT2D eigenvalue weighted by Gasteiger charge is -2.37. The van der Waals surface area contributed by atoms with Crippen LogP contribution in [0.5, 0.6) is 0 Å². The molecule has 1 atom stereocenters. The molecule has 1 amide bonds. The predicted molar refractivity (Wildman–Crippen MR) is 82.8 cm³/mol. The Labute approximate surface area is 129 Å². The molecule has 0 aliphatic carbocycles. The van der Waals surface area contributed by atoms with Gasteiger partial charge in [0.15, 0.2) is 0 Å². The highest BCUT2D eigenvalue weighted by Gasteiger charge is 2.31. The minimum Gasteiger partial charge on any atom is -0.325 e. The van der Waals surface area contributed by atoms with Crippen molar-refractivity contribution in [2.45, 2.75) is 18.9 Å². The second kappa shape index (κ2) is 6.41. The molecule has 1 aromatic rings. The average molecular weight is 304 g/mol. The van der Waals surface area contributed by atoms with E-state index >= 15 is 0 Å². The summed E-state index contributed by atoms with van der Waals surface area (Å²) in [4.78, 5) is 27.1. The zero-order chi connectivity index (χ0) is 15.5. The van der Waals surface area contributed by atoms with Gasteiger partial charge >= 0.3 is 0 Å². The summed E-state index contributed by atoms with van der Waals surface area (Å²) in [5.41, 5.74) is 0.455. The van der Waals surface area contributed by atoms with E-state index in [0.717, 1.165) is 19.6 Å². The van der Waals surface area contributed by atoms with Crippen molar-refractivity contribution in [2.75, 3.05) is 38.0 Å². The standard InChI is InChI=1S/C15H20N4O3/c20-15(16-12-3-1-4-13(9-12)19(21)22)11-17-7-8-18-6-2-5-14(18)10-17/h1,3-4,9,14H,2,5-8,10-11H2,(H,16,20). The Kier molecular flexibility index (Phi) is 4.35. The number of piperazine rings is 1. The van der Waals surface area contributed by atoms with Gasteiger partial charge in [-0.3, -0.25) is 24.7 Å². The summed E-state index contributed by atoms with van der Waals surface area (Å²) in [6.07, 6.45) is 2.46. The van der Waals surface area contributed by atoms with Crippen LogP contribution >= 0.6 is 0 Å². The molecule has 2 fully saturated rings. The molecule has 7 heteroatoms. The van der Waals surface area contributed by atoms with E-state index in [1.165, 1.54) is 31.5 Å². The number of non-ortho nitro benzene ring substituents is 1. The van der Waals surface area contributed by atoms with E-state index in [0.29, 0.717) is 18.3 Å². The Morgan fingerprint density at radius 1 is 1.36 bits per heavy atom. The maximum Gasteiger partial charge on any atom is 0.271 e. The molecule has 0 bridgehead atoms. The zero-order valence-corrected chi connectivity index (χ0v) is 12.4. The van der Waals surface area contributed by atoms with E-state index in [1.54, 1.807) is 12.1 Å². The van der Waals surface area contributed by atoms with Crippen LogP contribution in [0.4, 0.5) is 11.4 Å². The van der Waals surface area contributed by atoms with Crippen molar-refractivity contribution in [1.82, 2.24) is 9.80 Å². The summed E-state index contributed by atoms with van der Waals surface area (Å²) in [6, 6.07) is 6.62. The predicted octanol–water partition coefficient (Wildman–Crippen LogP) is 1.31. The van der Waals surface area contributed by atoms with Gasteiger partial charge < -0.3 is 5.32 Å². The lowest BCUT2D eigenvalue weighted by Crippen LogP contribution is -2.51. The van der Waals surface area contributed by atoms with Crippen molar-refractivity contribution >= 4 is 17.3 Å². The van der Waals surface area contributed by atoms with Crippen LogP contribution in [0.2, 0.25) is 0 Å². The van der Waals surface area contributed by atoms with E-state index in [-0.39, 0.29) is 11.6 Å². The molecule has 0 aromatic heterocycles. The zero-order valence-electron chi connectivity index (χ0n) is 12.4. The van der Waals surface area contributed by atoms with Gasteiger partial charge in [-0.05, 0) is 25.5 Å². The highest BCUT2D eigenvalue weighted by Crippen LogP contribution is 2.21. The average Bonchev–Trinajstić information content (AvgIpc) is 2.95. The van der Waals surface area contributed by atoms with E-state index in [1.807, 2.05) is 0 Å². The molecular formula is C15H20N4O3. The van der Waals surface area contributed by atoms with Crippen LogP contribution < -0.4 is 5.32 Å². The number of nitrogens with zero attached hydrogens (tertiary/aromatic N) is 3. The van der Waals surface area contributed by atoms with Crippen LogP contribution in [-0.2, 0) is 4.79 Å². The number of hydrogen-bond donors (Lipinski definition) is 1. The molecule has 2 heterocycles. The number of nitrogens with one attached hydrogen (secondary N) is 1. The summed E-state index contributed by atoms with van der Waals surface area (Å²) >= 11 is 0. The number of nitro groups is 1. The maximum atomic E-state index is 12.1. The van der Waals surface area contributed by atoms with E-state index in [4.69, 9.17) is 0 Å². The minimum atomic E-state index is -0.463. The summed E-state index contributed by atoms with van der Waals surface area (Å²) in [7, 11) is 0. The number of amides is 1. The van der Waals surface area contributed by atoms with Crippen LogP contribution in [-0.4, -0.2) is 59.4 Å². The largest absolute Gasteiger partial charge is 0.325 e. The van der Waals surface area contributed by atoms with E-state index < -0.39 is 4.92 Å². The Balaban J connectivity index is 1.54. The lowest BCUT2D eigenvalue weighted by atomic mass is 10.1. The molecule has 2 saturated heterocycles. The van der Waals surface area contributed by atoms with Crippen molar-refractivity contribution in [3.05, 3.63) is 34.4 Å². The molecule has 2 aliphatic heterocycles. The summed E-state index contributed by atoms with van der Waals surface area (Å²) in [5, 5.41) is 13.5. The second-order valence-corrected chi connectivity index (χ2v) is 5.92. The normalized spacial score (nSPS) is 22.3. The molecule has 1 aromatic carbocycles. The van der Waals surface area contributed by atoms with Crippen molar-refractivity contribution in [3.8, 4) is 0 Å². The third kappa shape index (κ3) is 3.42. The quantitative estimate of drug-likeness (QED) is 0.670. The number of fused-ring (bicyclic) bond motifs is 1. The fourth-order valence-electron chi connectivity index (χ4n) is 3.30. The van der Waals surface area contributed by atoms with Gasteiger partial charge in [-0.1, -0.05) is 6.07 Å². The molecule has 7 nitrogen and oxygen atoms in total. The topological polar surface area (TPSA) is 78.7 Å². The molecule has 0 saturated carbocycles.